The molecule has 0 fully saturated rings. The molecule has 0 aliphatic carbocycles. The number of azo groups is 1. The smallest absolute Gasteiger partial charge is 0.167 e. The zero-order chi connectivity index (χ0) is 14.1. The Bertz CT molecular complexity index is 635. The number of benzene rings is 2. The molecular formula is C15H17N5. The van der Waals surface area contributed by atoms with E-state index < -0.39 is 0 Å². The van der Waals surface area contributed by atoms with Crippen LogP contribution in [0, 0.1) is 0 Å². The van der Waals surface area contributed by atoms with Crippen molar-refractivity contribution in [1.82, 2.24) is 5.01 Å². The monoisotopic (exact) mass is 267 g/mol. The maximum Gasteiger partial charge on any atom is 0.167 e. The molecule has 0 radical (unpaired) electrons. The highest BCUT2D eigenvalue weighted by molar-refractivity contribution is 5.57. The Hall–Kier alpha value is -2.40. The van der Waals surface area contributed by atoms with Gasteiger partial charge < -0.3 is 10.7 Å². The lowest BCUT2D eigenvalue weighted by molar-refractivity contribution is 0.263. The molecule has 1 aliphatic rings. The van der Waals surface area contributed by atoms with Crippen molar-refractivity contribution in [2.75, 3.05) is 24.8 Å². The van der Waals surface area contributed by atoms with Crippen LogP contribution < -0.4 is 10.7 Å². The predicted molar refractivity (Wildman–Crippen MR) is 80.7 cm³/mol. The Morgan fingerprint density at radius 2 is 1.70 bits per heavy atom. The number of nitrogens with two attached hydrogens (primary N) is 1. The summed E-state index contributed by atoms with van der Waals surface area (Å²) in [6, 6.07) is 15.6. The van der Waals surface area contributed by atoms with E-state index in [1.807, 2.05) is 50.5 Å². The van der Waals surface area contributed by atoms with Crippen molar-refractivity contribution in [3.05, 3.63) is 54.1 Å². The second-order valence-corrected chi connectivity index (χ2v) is 4.84. The average molecular weight is 267 g/mol. The van der Waals surface area contributed by atoms with E-state index in [-0.39, 0.29) is 6.17 Å². The molecule has 2 N–H and O–H groups in total. The van der Waals surface area contributed by atoms with Crippen molar-refractivity contribution < 1.29 is 0 Å². The van der Waals surface area contributed by atoms with E-state index in [9.17, 15) is 0 Å². The maximum atomic E-state index is 5.66. The van der Waals surface area contributed by atoms with Crippen LogP contribution >= 0.6 is 0 Å². The molecule has 0 aromatic heterocycles. The second-order valence-electron chi connectivity index (χ2n) is 4.84. The minimum Gasteiger partial charge on any atom is -0.399 e. The van der Waals surface area contributed by atoms with Gasteiger partial charge in [-0.1, -0.05) is 18.2 Å². The third-order valence-electron chi connectivity index (χ3n) is 3.57. The predicted octanol–water partition coefficient (Wildman–Crippen LogP) is 3.35. The molecule has 1 heterocycles. The number of hydrogen-bond donors (Lipinski definition) is 1. The third kappa shape index (κ3) is 2.12. The third-order valence-corrected chi connectivity index (χ3v) is 3.57. The first-order valence-corrected chi connectivity index (χ1v) is 6.48. The zero-order valence-corrected chi connectivity index (χ0v) is 11.6. The Morgan fingerprint density at radius 3 is 2.45 bits per heavy atom. The van der Waals surface area contributed by atoms with Gasteiger partial charge in [0.2, 0.25) is 0 Å². The van der Waals surface area contributed by atoms with Crippen LogP contribution in [-0.2, 0) is 0 Å². The number of para-hydroxylation sites is 1. The van der Waals surface area contributed by atoms with E-state index >= 15 is 0 Å². The first kappa shape index (κ1) is 12.6. The Balaban J connectivity index is 1.89. The van der Waals surface area contributed by atoms with Crippen LogP contribution in [0.3, 0.4) is 0 Å². The van der Waals surface area contributed by atoms with Gasteiger partial charge in [0.1, 0.15) is 0 Å². The molecule has 0 amide bonds. The fourth-order valence-electron chi connectivity index (χ4n) is 2.34. The standard InChI is InChI=1S/C15H17N5/c1-19-14-6-4-3-5-13(14)15(20(19)2)18-17-12-9-7-11(16)8-10-12/h3-10,15H,16H2,1-2H3. The van der Waals surface area contributed by atoms with Crippen molar-refractivity contribution >= 4 is 17.1 Å². The van der Waals surface area contributed by atoms with Gasteiger partial charge in [-0.3, -0.25) is 0 Å². The molecule has 3 rings (SSSR count). The van der Waals surface area contributed by atoms with Crippen LogP contribution in [0.25, 0.3) is 0 Å². The molecule has 2 aromatic carbocycles. The number of anilines is 2. The molecule has 0 saturated carbocycles. The summed E-state index contributed by atoms with van der Waals surface area (Å²) in [5.41, 5.74) is 9.52. The first-order valence-electron chi connectivity index (χ1n) is 6.48. The van der Waals surface area contributed by atoms with E-state index in [2.05, 4.69) is 32.4 Å². The van der Waals surface area contributed by atoms with Gasteiger partial charge in [-0.2, -0.15) is 15.2 Å². The van der Waals surface area contributed by atoms with Crippen LogP contribution in [0.15, 0.2) is 58.8 Å². The lowest BCUT2D eigenvalue weighted by atomic mass is 10.1. The number of nitrogen functional groups attached to an aromatic ring is 1. The van der Waals surface area contributed by atoms with Gasteiger partial charge in [0.25, 0.3) is 0 Å². The Kier molecular flexibility index (Phi) is 3.12. The molecule has 5 heteroatoms. The first-order chi connectivity index (χ1) is 9.66. The summed E-state index contributed by atoms with van der Waals surface area (Å²) in [6.45, 7) is 0. The van der Waals surface area contributed by atoms with Crippen LogP contribution in [-0.4, -0.2) is 19.1 Å². The van der Waals surface area contributed by atoms with E-state index in [0.717, 1.165) is 22.6 Å². The highest BCUT2D eigenvalue weighted by Gasteiger charge is 2.31. The summed E-state index contributed by atoms with van der Waals surface area (Å²) in [5, 5.41) is 12.9. The van der Waals surface area contributed by atoms with Crippen molar-refractivity contribution in [2.45, 2.75) is 6.17 Å². The van der Waals surface area contributed by atoms with Gasteiger partial charge in [0.05, 0.1) is 11.4 Å². The molecule has 1 atom stereocenters. The summed E-state index contributed by atoms with van der Waals surface area (Å²) in [5.74, 6) is 0. The van der Waals surface area contributed by atoms with Gasteiger partial charge in [-0.15, -0.1) is 0 Å². The quantitative estimate of drug-likeness (QED) is 0.670. The van der Waals surface area contributed by atoms with Gasteiger partial charge in [0, 0.05) is 25.3 Å². The van der Waals surface area contributed by atoms with Crippen LogP contribution in [0.1, 0.15) is 11.7 Å². The Morgan fingerprint density at radius 1 is 1.00 bits per heavy atom. The minimum absolute atomic E-state index is 0.0891. The van der Waals surface area contributed by atoms with E-state index in [1.165, 1.54) is 0 Å². The maximum absolute atomic E-state index is 5.66. The number of rotatable bonds is 2. The number of hydrazine groups is 1. The Labute approximate surface area is 118 Å². The molecule has 5 nitrogen and oxygen atoms in total. The lowest BCUT2D eigenvalue weighted by Crippen LogP contribution is -2.32. The van der Waals surface area contributed by atoms with Crippen LogP contribution in [0.4, 0.5) is 17.1 Å². The number of nitrogens with zero attached hydrogens (tertiary/aromatic N) is 4. The second kappa shape index (κ2) is 4.94. The fraction of sp³-hybridized carbons (Fsp3) is 0.200. The van der Waals surface area contributed by atoms with E-state index in [4.69, 9.17) is 5.73 Å². The van der Waals surface area contributed by atoms with Gasteiger partial charge in [-0.05, 0) is 30.3 Å². The number of hydrogen-bond acceptors (Lipinski definition) is 5. The lowest BCUT2D eigenvalue weighted by Gasteiger charge is -2.23. The molecule has 1 unspecified atom stereocenters. The topological polar surface area (TPSA) is 57.2 Å². The van der Waals surface area contributed by atoms with Crippen molar-refractivity contribution in [3.8, 4) is 0 Å². The molecular weight excluding hydrogens is 250 g/mol. The molecule has 0 spiro atoms. The SMILES string of the molecule is CN1c2ccccc2C(N=Nc2ccc(N)cc2)N1C. The highest BCUT2D eigenvalue weighted by atomic mass is 15.7. The van der Waals surface area contributed by atoms with Crippen molar-refractivity contribution in [3.63, 3.8) is 0 Å². The van der Waals surface area contributed by atoms with Crippen LogP contribution in [0.2, 0.25) is 0 Å². The van der Waals surface area contributed by atoms with Gasteiger partial charge in [-0.25, -0.2) is 0 Å². The highest BCUT2D eigenvalue weighted by Crippen LogP contribution is 2.39. The van der Waals surface area contributed by atoms with Gasteiger partial charge in [0.15, 0.2) is 6.17 Å². The summed E-state index contributed by atoms with van der Waals surface area (Å²) in [4.78, 5) is 0. The molecule has 2 aromatic rings. The summed E-state index contributed by atoms with van der Waals surface area (Å²) in [7, 11) is 4.03. The largest absolute Gasteiger partial charge is 0.399 e. The molecule has 20 heavy (non-hydrogen) atoms. The van der Waals surface area contributed by atoms with E-state index in [0.29, 0.717) is 0 Å². The van der Waals surface area contributed by atoms with Crippen LogP contribution in [0.5, 0.6) is 0 Å². The summed E-state index contributed by atoms with van der Waals surface area (Å²) < 4.78 is 0. The van der Waals surface area contributed by atoms with E-state index in [1.54, 1.807) is 0 Å². The summed E-state index contributed by atoms with van der Waals surface area (Å²) >= 11 is 0. The normalized spacial score (nSPS) is 18.7. The average Bonchev–Trinajstić information content (AvgIpc) is 2.71. The molecule has 0 bridgehead atoms. The molecule has 102 valence electrons. The fourth-order valence-corrected chi connectivity index (χ4v) is 2.34. The summed E-state index contributed by atoms with van der Waals surface area (Å²) in [6.07, 6.45) is -0.0891. The van der Waals surface area contributed by atoms with Crippen molar-refractivity contribution in [2.24, 2.45) is 10.2 Å². The molecule has 1 aliphatic heterocycles. The van der Waals surface area contributed by atoms with Crippen molar-refractivity contribution in [1.29, 1.82) is 0 Å². The van der Waals surface area contributed by atoms with Gasteiger partial charge >= 0.3 is 0 Å². The zero-order valence-electron chi connectivity index (χ0n) is 11.6. The minimum atomic E-state index is -0.0891. The number of fused-ring (bicyclic) bond motifs is 1. The molecule has 0 saturated heterocycles.